The summed E-state index contributed by atoms with van der Waals surface area (Å²) < 4.78 is 7.43. The summed E-state index contributed by atoms with van der Waals surface area (Å²) in [7, 11) is 0. The Kier molecular flexibility index (Phi) is 3.33. The molecule has 94 valence electrons. The average Bonchev–Trinajstić information content (AvgIpc) is 3.00. The van der Waals surface area contributed by atoms with Gasteiger partial charge in [0, 0.05) is 0 Å². The van der Waals surface area contributed by atoms with Gasteiger partial charge in [-0.25, -0.2) is 4.68 Å². The van der Waals surface area contributed by atoms with Gasteiger partial charge >= 0.3 is 0 Å². The molecule has 2 fully saturated rings. The largest absolute Gasteiger partial charge is 0.370 e. The van der Waals surface area contributed by atoms with Crippen molar-refractivity contribution in [1.82, 2.24) is 20.2 Å². The summed E-state index contributed by atoms with van der Waals surface area (Å²) >= 11 is 0. The fourth-order valence-electron chi connectivity index (χ4n) is 2.82. The monoisotopic (exact) mass is 238 g/mol. The first kappa shape index (κ1) is 11.1. The Morgan fingerprint density at radius 2 is 2.00 bits per heavy atom. The van der Waals surface area contributed by atoms with Crippen LogP contribution < -0.4 is 4.90 Å². The number of hydrogen-bond donors (Lipinski definition) is 1. The van der Waals surface area contributed by atoms with Crippen LogP contribution in [-0.4, -0.2) is 46.5 Å². The van der Waals surface area contributed by atoms with Gasteiger partial charge in [0.1, 0.15) is 19.6 Å². The number of morpholine rings is 1. The summed E-state index contributed by atoms with van der Waals surface area (Å²) in [6.45, 7) is 4.79. The average molecular weight is 238 g/mol. The summed E-state index contributed by atoms with van der Waals surface area (Å²) in [6, 6.07) is 0.542. The molecule has 0 spiro atoms. The first-order valence-corrected chi connectivity index (χ1v) is 6.61. The molecular weight excluding hydrogens is 218 g/mol. The second-order valence-electron chi connectivity index (χ2n) is 5.02. The molecule has 0 aromatic carbocycles. The van der Waals surface area contributed by atoms with E-state index in [-0.39, 0.29) is 0 Å². The van der Waals surface area contributed by atoms with Crippen LogP contribution in [0.25, 0.3) is 0 Å². The van der Waals surface area contributed by atoms with Crippen molar-refractivity contribution in [2.75, 3.05) is 26.3 Å². The topological polar surface area (TPSA) is 57.3 Å². The molecule has 1 aromatic rings. The molecule has 1 saturated carbocycles. The molecule has 2 aliphatic rings. The van der Waals surface area contributed by atoms with E-state index in [1.165, 1.54) is 30.6 Å². The predicted molar refractivity (Wildman–Crippen MR) is 60.5 cm³/mol. The highest BCUT2D eigenvalue weighted by Crippen LogP contribution is 2.28. The van der Waals surface area contributed by atoms with Crippen LogP contribution in [0, 0.1) is 0 Å². The molecular formula is C11H20N5O+. The number of nitrogens with one attached hydrogen (secondary N) is 1. The Balaban J connectivity index is 1.67. The molecule has 0 bridgehead atoms. The van der Waals surface area contributed by atoms with Gasteiger partial charge in [-0.05, 0) is 23.3 Å². The molecule has 2 heterocycles. The van der Waals surface area contributed by atoms with Crippen LogP contribution in [0.4, 0.5) is 0 Å². The molecule has 0 radical (unpaired) electrons. The maximum Gasteiger partial charge on any atom is 0.206 e. The van der Waals surface area contributed by atoms with Gasteiger partial charge in [0.15, 0.2) is 0 Å². The molecule has 6 heteroatoms. The van der Waals surface area contributed by atoms with Crippen LogP contribution in [0.3, 0.4) is 0 Å². The van der Waals surface area contributed by atoms with Crippen molar-refractivity contribution in [3.8, 4) is 0 Å². The number of ether oxygens (including phenoxy) is 1. The fourth-order valence-corrected chi connectivity index (χ4v) is 2.82. The summed E-state index contributed by atoms with van der Waals surface area (Å²) in [5, 5.41) is 12.2. The summed E-state index contributed by atoms with van der Waals surface area (Å²) in [5.74, 6) is 1.05. The summed E-state index contributed by atoms with van der Waals surface area (Å²) in [6.07, 6.45) is 5.09. The third kappa shape index (κ3) is 2.47. The minimum Gasteiger partial charge on any atom is -0.370 e. The molecule has 1 saturated heterocycles. The van der Waals surface area contributed by atoms with E-state index in [9.17, 15) is 0 Å². The van der Waals surface area contributed by atoms with E-state index >= 15 is 0 Å². The van der Waals surface area contributed by atoms with Crippen molar-refractivity contribution in [1.29, 1.82) is 0 Å². The van der Waals surface area contributed by atoms with E-state index in [0.717, 1.165) is 38.7 Å². The number of hydrogen-bond acceptors (Lipinski definition) is 4. The van der Waals surface area contributed by atoms with Gasteiger partial charge in [0.05, 0.1) is 19.3 Å². The minimum atomic E-state index is 0.542. The third-order valence-corrected chi connectivity index (χ3v) is 3.84. The number of aromatic nitrogens is 4. The van der Waals surface area contributed by atoms with Crippen LogP contribution in [0.15, 0.2) is 0 Å². The standard InChI is InChI=1S/C11H19N5O/c1-2-4-10(3-1)16-11(12-13-14-16)9-15-5-7-17-8-6-15/h10H,1-9H2/p+1. The maximum atomic E-state index is 5.37. The molecule has 1 N–H and O–H groups in total. The van der Waals surface area contributed by atoms with E-state index in [4.69, 9.17) is 4.74 Å². The van der Waals surface area contributed by atoms with Crippen LogP contribution in [0.5, 0.6) is 0 Å². The molecule has 1 aromatic heterocycles. The molecule has 1 aliphatic heterocycles. The van der Waals surface area contributed by atoms with Gasteiger partial charge in [-0.15, -0.1) is 5.10 Å². The third-order valence-electron chi connectivity index (χ3n) is 3.84. The van der Waals surface area contributed by atoms with Crippen molar-refractivity contribution in [2.24, 2.45) is 0 Å². The minimum absolute atomic E-state index is 0.542. The Bertz CT molecular complexity index is 354. The lowest BCUT2D eigenvalue weighted by Gasteiger charge is -2.23. The molecule has 3 rings (SSSR count). The Hall–Kier alpha value is -1.01. The van der Waals surface area contributed by atoms with E-state index in [1.807, 2.05) is 0 Å². The summed E-state index contributed by atoms with van der Waals surface area (Å²) in [5.41, 5.74) is 0. The molecule has 6 nitrogen and oxygen atoms in total. The molecule has 0 unspecified atom stereocenters. The maximum absolute atomic E-state index is 5.37. The van der Waals surface area contributed by atoms with E-state index in [0.29, 0.717) is 6.04 Å². The zero-order valence-corrected chi connectivity index (χ0v) is 10.1. The number of quaternary nitrogens is 1. The first-order chi connectivity index (χ1) is 8.43. The Morgan fingerprint density at radius 3 is 2.76 bits per heavy atom. The van der Waals surface area contributed by atoms with Gasteiger partial charge in [-0.3, -0.25) is 0 Å². The van der Waals surface area contributed by atoms with Crippen molar-refractivity contribution in [3.05, 3.63) is 5.82 Å². The van der Waals surface area contributed by atoms with Crippen molar-refractivity contribution < 1.29 is 9.64 Å². The van der Waals surface area contributed by atoms with Crippen molar-refractivity contribution in [3.63, 3.8) is 0 Å². The molecule has 0 atom stereocenters. The number of rotatable bonds is 3. The number of tetrazole rings is 1. The van der Waals surface area contributed by atoms with Crippen LogP contribution in [0.1, 0.15) is 37.5 Å². The quantitative estimate of drug-likeness (QED) is 0.749. The molecule has 0 amide bonds. The van der Waals surface area contributed by atoms with Crippen molar-refractivity contribution in [2.45, 2.75) is 38.3 Å². The summed E-state index contributed by atoms with van der Waals surface area (Å²) in [4.78, 5) is 1.53. The van der Waals surface area contributed by atoms with Gasteiger partial charge in [0.25, 0.3) is 0 Å². The zero-order chi connectivity index (χ0) is 11.5. The lowest BCUT2D eigenvalue weighted by atomic mass is 10.2. The van der Waals surface area contributed by atoms with Crippen molar-refractivity contribution >= 4 is 0 Å². The zero-order valence-electron chi connectivity index (χ0n) is 10.1. The van der Waals surface area contributed by atoms with Gasteiger partial charge in [0.2, 0.25) is 5.82 Å². The smallest absolute Gasteiger partial charge is 0.206 e. The van der Waals surface area contributed by atoms with E-state index < -0.39 is 0 Å². The Labute approximate surface area is 101 Å². The van der Waals surface area contributed by atoms with Crippen LogP contribution in [0.2, 0.25) is 0 Å². The van der Waals surface area contributed by atoms with Gasteiger partial charge in [-0.2, -0.15) is 0 Å². The SMILES string of the molecule is C1CCC(n2nnnc2C[NH+]2CCOCC2)C1. The number of nitrogens with zero attached hydrogens (tertiary/aromatic N) is 4. The second-order valence-corrected chi connectivity index (χ2v) is 5.02. The lowest BCUT2D eigenvalue weighted by Crippen LogP contribution is -3.12. The van der Waals surface area contributed by atoms with Crippen LogP contribution >= 0.6 is 0 Å². The first-order valence-electron chi connectivity index (χ1n) is 6.61. The predicted octanol–water partition coefficient (Wildman–Crippen LogP) is -0.797. The Morgan fingerprint density at radius 1 is 1.24 bits per heavy atom. The van der Waals surface area contributed by atoms with Crippen LogP contribution in [-0.2, 0) is 11.3 Å². The highest BCUT2D eigenvalue weighted by atomic mass is 16.5. The highest BCUT2D eigenvalue weighted by Gasteiger charge is 2.24. The second kappa shape index (κ2) is 5.10. The fraction of sp³-hybridized carbons (Fsp3) is 0.909. The van der Waals surface area contributed by atoms with E-state index in [2.05, 4.69) is 20.2 Å². The highest BCUT2D eigenvalue weighted by molar-refractivity contribution is 4.84. The van der Waals surface area contributed by atoms with Gasteiger partial charge in [-0.1, -0.05) is 12.8 Å². The lowest BCUT2D eigenvalue weighted by molar-refractivity contribution is -0.922. The van der Waals surface area contributed by atoms with E-state index in [1.54, 1.807) is 0 Å². The normalized spacial score (nSPS) is 23.3. The molecule has 17 heavy (non-hydrogen) atoms. The molecule has 1 aliphatic carbocycles. The van der Waals surface area contributed by atoms with Gasteiger partial charge < -0.3 is 9.64 Å².